The van der Waals surface area contributed by atoms with Gasteiger partial charge in [0, 0.05) is 12.4 Å². The highest BCUT2D eigenvalue weighted by atomic mass is 19.1. The zero-order valence-electron chi connectivity index (χ0n) is 10.7. The van der Waals surface area contributed by atoms with Crippen molar-refractivity contribution < 1.29 is 4.39 Å². The lowest BCUT2D eigenvalue weighted by atomic mass is 10.1. The number of nitriles is 1. The molecule has 0 aliphatic heterocycles. The lowest BCUT2D eigenvalue weighted by Gasteiger charge is -2.17. The summed E-state index contributed by atoms with van der Waals surface area (Å²) in [7, 11) is 0. The number of halogens is 1. The number of hydrogen-bond donors (Lipinski definition) is 1. The lowest BCUT2D eigenvalue weighted by Crippen LogP contribution is -2.12. The maximum absolute atomic E-state index is 13.5. The van der Waals surface area contributed by atoms with Gasteiger partial charge in [0.2, 0.25) is 0 Å². The molecule has 0 saturated carbocycles. The van der Waals surface area contributed by atoms with Crippen LogP contribution in [0.5, 0.6) is 0 Å². The predicted octanol–water partition coefficient (Wildman–Crippen LogP) is 2.97. The molecule has 96 valence electrons. The molecule has 0 aliphatic carbocycles. The van der Waals surface area contributed by atoms with Gasteiger partial charge in [-0.3, -0.25) is 9.97 Å². The van der Waals surface area contributed by atoms with Crippen molar-refractivity contribution in [1.82, 2.24) is 9.97 Å². The Bertz CT molecular complexity index is 634. The molecule has 1 aromatic heterocycles. The summed E-state index contributed by atoms with van der Waals surface area (Å²) in [5, 5.41) is 12.1. The summed E-state index contributed by atoms with van der Waals surface area (Å²) in [6, 6.07) is 6.20. The van der Waals surface area contributed by atoms with Crippen LogP contribution in [-0.4, -0.2) is 9.97 Å². The van der Waals surface area contributed by atoms with Crippen LogP contribution in [0.3, 0.4) is 0 Å². The molecule has 0 bridgehead atoms. The van der Waals surface area contributed by atoms with Crippen LogP contribution in [-0.2, 0) is 0 Å². The van der Waals surface area contributed by atoms with Gasteiger partial charge in [0.1, 0.15) is 17.4 Å². The number of nitrogens with zero attached hydrogens (tertiary/aromatic N) is 3. The van der Waals surface area contributed by atoms with E-state index in [0.29, 0.717) is 5.69 Å². The molecule has 0 aliphatic rings. The first-order valence-corrected chi connectivity index (χ1v) is 5.86. The summed E-state index contributed by atoms with van der Waals surface area (Å²) < 4.78 is 13.5. The highest BCUT2D eigenvalue weighted by Gasteiger charge is 2.14. The molecule has 0 fully saturated rings. The van der Waals surface area contributed by atoms with E-state index in [1.807, 2.05) is 19.9 Å². The van der Waals surface area contributed by atoms with E-state index in [4.69, 9.17) is 5.26 Å². The van der Waals surface area contributed by atoms with Crippen LogP contribution in [0, 0.1) is 24.1 Å². The first-order valence-electron chi connectivity index (χ1n) is 5.86. The van der Waals surface area contributed by atoms with Gasteiger partial charge in [0.25, 0.3) is 0 Å². The Morgan fingerprint density at radius 3 is 2.74 bits per heavy atom. The third kappa shape index (κ3) is 2.68. The molecule has 0 radical (unpaired) electrons. The van der Waals surface area contributed by atoms with Gasteiger partial charge in [0.05, 0.1) is 23.1 Å². The van der Waals surface area contributed by atoms with Crippen LogP contribution >= 0.6 is 0 Å². The first kappa shape index (κ1) is 13.0. The van der Waals surface area contributed by atoms with Crippen molar-refractivity contribution in [2.75, 3.05) is 5.32 Å². The standard InChI is InChI=1S/C14H13FN4/c1-9-14(18-7-6-17-9)10(2)19-13-5-3-4-12(15)11(13)8-16/h3-7,10,19H,1-2H3. The summed E-state index contributed by atoms with van der Waals surface area (Å²) in [5.74, 6) is -0.532. The Labute approximate surface area is 110 Å². The second-order valence-corrected chi connectivity index (χ2v) is 4.17. The van der Waals surface area contributed by atoms with E-state index in [2.05, 4.69) is 15.3 Å². The molecule has 0 spiro atoms. The van der Waals surface area contributed by atoms with Crippen LogP contribution < -0.4 is 5.32 Å². The largest absolute Gasteiger partial charge is 0.376 e. The minimum absolute atomic E-state index is 0.0101. The van der Waals surface area contributed by atoms with Crippen molar-refractivity contribution in [2.45, 2.75) is 19.9 Å². The van der Waals surface area contributed by atoms with Crippen LogP contribution in [0.4, 0.5) is 10.1 Å². The molecule has 4 nitrogen and oxygen atoms in total. The number of nitrogens with one attached hydrogen (secondary N) is 1. The molecule has 2 aromatic rings. The predicted molar refractivity (Wildman–Crippen MR) is 69.9 cm³/mol. The maximum atomic E-state index is 13.5. The Balaban J connectivity index is 2.30. The van der Waals surface area contributed by atoms with Crippen LogP contribution in [0.25, 0.3) is 0 Å². The molecule has 0 saturated heterocycles. The van der Waals surface area contributed by atoms with Gasteiger partial charge < -0.3 is 5.32 Å². The van der Waals surface area contributed by atoms with Crippen molar-refractivity contribution in [3.05, 3.63) is 53.4 Å². The minimum Gasteiger partial charge on any atom is -0.376 e. The average Bonchev–Trinajstić information content (AvgIpc) is 2.39. The van der Waals surface area contributed by atoms with E-state index in [-0.39, 0.29) is 11.6 Å². The SMILES string of the molecule is Cc1nccnc1C(C)Nc1cccc(F)c1C#N. The molecule has 1 atom stereocenters. The fraction of sp³-hybridized carbons (Fsp3) is 0.214. The first-order chi connectivity index (χ1) is 9.13. The summed E-state index contributed by atoms with van der Waals surface area (Å²) in [5.41, 5.74) is 2.05. The topological polar surface area (TPSA) is 61.6 Å². The third-order valence-corrected chi connectivity index (χ3v) is 2.83. The van der Waals surface area contributed by atoms with Crippen molar-refractivity contribution in [3.63, 3.8) is 0 Å². The molecule has 1 N–H and O–H groups in total. The van der Waals surface area contributed by atoms with E-state index < -0.39 is 5.82 Å². The fourth-order valence-corrected chi connectivity index (χ4v) is 1.90. The second-order valence-electron chi connectivity index (χ2n) is 4.17. The molecular formula is C14H13FN4. The molecule has 1 unspecified atom stereocenters. The summed E-state index contributed by atoms with van der Waals surface area (Å²) in [6.45, 7) is 3.75. The zero-order valence-corrected chi connectivity index (χ0v) is 10.7. The number of benzene rings is 1. The van der Waals surface area contributed by atoms with Crippen LogP contribution in [0.15, 0.2) is 30.6 Å². The van der Waals surface area contributed by atoms with Crippen molar-refractivity contribution in [3.8, 4) is 6.07 Å². The van der Waals surface area contributed by atoms with Gasteiger partial charge in [-0.2, -0.15) is 5.26 Å². The van der Waals surface area contributed by atoms with Crippen molar-refractivity contribution in [2.24, 2.45) is 0 Å². The maximum Gasteiger partial charge on any atom is 0.143 e. The Morgan fingerprint density at radius 2 is 2.05 bits per heavy atom. The van der Waals surface area contributed by atoms with Crippen LogP contribution in [0.1, 0.15) is 29.9 Å². The highest BCUT2D eigenvalue weighted by molar-refractivity contribution is 5.58. The Hall–Kier alpha value is -2.48. The molecule has 0 amide bonds. The Kier molecular flexibility index (Phi) is 3.71. The van der Waals surface area contributed by atoms with E-state index in [1.54, 1.807) is 24.5 Å². The Morgan fingerprint density at radius 1 is 1.32 bits per heavy atom. The van der Waals surface area contributed by atoms with Gasteiger partial charge >= 0.3 is 0 Å². The van der Waals surface area contributed by atoms with E-state index in [9.17, 15) is 4.39 Å². The molecular weight excluding hydrogens is 243 g/mol. The van der Waals surface area contributed by atoms with Gasteiger partial charge in [-0.15, -0.1) is 0 Å². The number of rotatable bonds is 3. The monoisotopic (exact) mass is 256 g/mol. The fourth-order valence-electron chi connectivity index (χ4n) is 1.90. The van der Waals surface area contributed by atoms with Gasteiger partial charge in [-0.05, 0) is 26.0 Å². The molecule has 5 heteroatoms. The number of anilines is 1. The second kappa shape index (κ2) is 5.44. The highest BCUT2D eigenvalue weighted by Crippen LogP contribution is 2.23. The normalized spacial score (nSPS) is 11.7. The molecule has 1 aromatic carbocycles. The van der Waals surface area contributed by atoms with Crippen molar-refractivity contribution >= 4 is 5.69 Å². The quantitative estimate of drug-likeness (QED) is 0.917. The van der Waals surface area contributed by atoms with Gasteiger partial charge in [0.15, 0.2) is 0 Å². The van der Waals surface area contributed by atoms with Gasteiger partial charge in [-0.1, -0.05) is 6.07 Å². The lowest BCUT2D eigenvalue weighted by molar-refractivity contribution is 0.624. The van der Waals surface area contributed by atoms with E-state index >= 15 is 0 Å². The van der Waals surface area contributed by atoms with Crippen LogP contribution in [0.2, 0.25) is 0 Å². The number of aryl methyl sites for hydroxylation is 1. The number of hydrogen-bond acceptors (Lipinski definition) is 4. The smallest absolute Gasteiger partial charge is 0.143 e. The zero-order chi connectivity index (χ0) is 13.8. The van der Waals surface area contributed by atoms with E-state index in [0.717, 1.165) is 11.4 Å². The molecule has 19 heavy (non-hydrogen) atoms. The third-order valence-electron chi connectivity index (χ3n) is 2.83. The summed E-state index contributed by atoms with van der Waals surface area (Å²) in [6.07, 6.45) is 3.23. The minimum atomic E-state index is -0.532. The average molecular weight is 256 g/mol. The van der Waals surface area contributed by atoms with Crippen molar-refractivity contribution in [1.29, 1.82) is 5.26 Å². The molecule has 2 rings (SSSR count). The summed E-state index contributed by atoms with van der Waals surface area (Å²) in [4.78, 5) is 8.41. The van der Waals surface area contributed by atoms with Gasteiger partial charge in [-0.25, -0.2) is 4.39 Å². The molecule has 1 heterocycles. The van der Waals surface area contributed by atoms with E-state index in [1.165, 1.54) is 6.07 Å². The summed E-state index contributed by atoms with van der Waals surface area (Å²) >= 11 is 0. The number of aromatic nitrogens is 2.